The second-order valence-electron chi connectivity index (χ2n) is 6.56. The first-order valence-electron chi connectivity index (χ1n) is 8.85. The summed E-state index contributed by atoms with van der Waals surface area (Å²) in [6.45, 7) is 1.70. The molecule has 3 heterocycles. The van der Waals surface area contributed by atoms with Crippen molar-refractivity contribution in [2.45, 2.75) is 12.3 Å². The number of hydrogen-bond acceptors (Lipinski definition) is 4. The van der Waals surface area contributed by atoms with Crippen LogP contribution < -0.4 is 5.32 Å². The summed E-state index contributed by atoms with van der Waals surface area (Å²) in [5.41, 5.74) is 2.33. The number of rotatable bonds is 5. The largest absolute Gasteiger partial charge is 0.478 e. The van der Waals surface area contributed by atoms with Gasteiger partial charge >= 0.3 is 5.97 Å². The van der Waals surface area contributed by atoms with E-state index in [-0.39, 0.29) is 11.3 Å². The highest BCUT2D eigenvalue weighted by molar-refractivity contribution is 9.08. The molecule has 4 aromatic rings. The molecule has 0 fully saturated rings. The Morgan fingerprint density at radius 3 is 2.60 bits per heavy atom. The zero-order valence-electron chi connectivity index (χ0n) is 15.6. The van der Waals surface area contributed by atoms with Crippen LogP contribution in [0.15, 0.2) is 47.8 Å². The Labute approximate surface area is 183 Å². The van der Waals surface area contributed by atoms with E-state index >= 15 is 0 Å². The molecule has 0 unspecified atom stereocenters. The summed E-state index contributed by atoms with van der Waals surface area (Å²) in [7, 11) is 0. The zero-order valence-corrected chi connectivity index (χ0v) is 18.1. The van der Waals surface area contributed by atoms with Crippen molar-refractivity contribution >= 4 is 50.5 Å². The quantitative estimate of drug-likeness (QED) is 0.371. The van der Waals surface area contributed by atoms with Gasteiger partial charge in [-0.15, -0.1) is 11.3 Å². The molecular weight excluding hydrogens is 473 g/mol. The number of alkyl halides is 1. The lowest BCUT2D eigenvalue weighted by Crippen LogP contribution is -2.16. The van der Waals surface area contributed by atoms with Crippen LogP contribution in [0.3, 0.4) is 0 Å². The highest BCUT2D eigenvalue weighted by atomic mass is 79.9. The van der Waals surface area contributed by atoms with E-state index in [0.717, 1.165) is 11.1 Å². The maximum absolute atomic E-state index is 14.8. The van der Waals surface area contributed by atoms with E-state index in [1.165, 1.54) is 21.1 Å². The number of carbonyl (C=O) groups excluding carboxylic acids is 1. The minimum Gasteiger partial charge on any atom is -0.478 e. The minimum atomic E-state index is -1.18. The third kappa shape index (κ3) is 3.50. The lowest BCUT2D eigenvalue weighted by atomic mass is 10.1. The summed E-state index contributed by atoms with van der Waals surface area (Å²) < 4.78 is 16.0. The van der Waals surface area contributed by atoms with Crippen LogP contribution in [0.4, 0.5) is 10.1 Å². The predicted octanol–water partition coefficient (Wildman–Crippen LogP) is 5.36. The summed E-state index contributed by atoms with van der Waals surface area (Å²) in [5.74, 6) is -2.78. The van der Waals surface area contributed by atoms with E-state index in [1.807, 2.05) is 24.3 Å². The number of fused-ring (bicyclic) bond motifs is 1. The van der Waals surface area contributed by atoms with Crippen molar-refractivity contribution < 1.29 is 19.1 Å². The lowest BCUT2D eigenvalue weighted by Gasteiger charge is -2.06. The van der Waals surface area contributed by atoms with E-state index in [4.69, 9.17) is 0 Å². The van der Waals surface area contributed by atoms with Crippen molar-refractivity contribution in [3.05, 3.63) is 76.3 Å². The van der Waals surface area contributed by atoms with Crippen molar-refractivity contribution in [3.63, 3.8) is 0 Å². The number of nitrogens with one attached hydrogen (secondary N) is 1. The molecule has 2 N–H and O–H groups in total. The van der Waals surface area contributed by atoms with Crippen LogP contribution in [0.2, 0.25) is 0 Å². The fraction of sp³-hybridized carbons (Fsp3) is 0.0952. The van der Waals surface area contributed by atoms with Crippen molar-refractivity contribution in [1.82, 2.24) is 9.38 Å². The molecule has 0 bridgehead atoms. The van der Waals surface area contributed by atoms with Gasteiger partial charge in [0.25, 0.3) is 5.91 Å². The van der Waals surface area contributed by atoms with E-state index in [1.54, 1.807) is 25.1 Å². The third-order valence-corrected chi connectivity index (χ3v) is 6.30. The monoisotopic (exact) mass is 487 g/mol. The molecule has 4 rings (SSSR count). The number of amides is 1. The number of carbonyl (C=O) groups is 2. The highest BCUT2D eigenvalue weighted by Gasteiger charge is 2.25. The third-order valence-electron chi connectivity index (χ3n) is 4.62. The molecule has 0 aliphatic rings. The maximum Gasteiger partial charge on any atom is 0.339 e. The van der Waals surface area contributed by atoms with Crippen LogP contribution in [0, 0.1) is 12.9 Å². The van der Waals surface area contributed by atoms with E-state index in [0.29, 0.717) is 21.5 Å². The smallest absolute Gasteiger partial charge is 0.339 e. The standard InChI is InChI=1S/C21H15BrFN3O3S/c1-11-3-2-4-15-25-17(19(23)26(11)15)20(27)24-14-10-30-18(16(14)21(28)29)13-7-5-12(9-22)6-8-13/h2-8,10H,9H2,1H3,(H,24,27)(H,28,29). The molecule has 3 aromatic heterocycles. The molecule has 0 saturated carbocycles. The fourth-order valence-electron chi connectivity index (χ4n) is 3.16. The van der Waals surface area contributed by atoms with Gasteiger partial charge < -0.3 is 10.4 Å². The number of imidazole rings is 1. The van der Waals surface area contributed by atoms with Crippen LogP contribution in [0.1, 0.15) is 32.1 Å². The second-order valence-corrected chi connectivity index (χ2v) is 8.00. The van der Waals surface area contributed by atoms with Crippen molar-refractivity contribution in [2.75, 3.05) is 5.32 Å². The number of hydrogen-bond donors (Lipinski definition) is 2. The molecule has 6 nitrogen and oxygen atoms in total. The Kier molecular flexibility index (Phi) is 5.40. The Morgan fingerprint density at radius 2 is 1.97 bits per heavy atom. The fourth-order valence-corrected chi connectivity index (χ4v) is 4.53. The first kappa shape index (κ1) is 20.2. The van der Waals surface area contributed by atoms with Gasteiger partial charge in [0.2, 0.25) is 5.95 Å². The topological polar surface area (TPSA) is 83.7 Å². The SMILES string of the molecule is Cc1cccc2nc(C(=O)Nc3csc(-c4ccc(CBr)cc4)c3C(=O)O)c(F)n12. The number of pyridine rings is 1. The summed E-state index contributed by atoms with van der Waals surface area (Å²) in [6, 6.07) is 12.4. The number of benzene rings is 1. The average Bonchev–Trinajstić information content (AvgIpc) is 3.30. The van der Waals surface area contributed by atoms with Gasteiger partial charge in [-0.1, -0.05) is 46.3 Å². The molecule has 30 heavy (non-hydrogen) atoms. The zero-order chi connectivity index (χ0) is 21.4. The molecule has 9 heteroatoms. The number of carboxylic acids is 1. The number of thiophene rings is 1. The molecule has 0 saturated heterocycles. The molecule has 1 aromatic carbocycles. The Bertz CT molecular complexity index is 1280. The van der Waals surface area contributed by atoms with E-state index < -0.39 is 23.5 Å². The van der Waals surface area contributed by atoms with Gasteiger partial charge in [0.05, 0.1) is 10.6 Å². The average molecular weight is 488 g/mol. The summed E-state index contributed by atoms with van der Waals surface area (Å²) in [6.07, 6.45) is 0. The van der Waals surface area contributed by atoms with Crippen LogP contribution in [0.25, 0.3) is 16.1 Å². The Morgan fingerprint density at radius 1 is 1.23 bits per heavy atom. The van der Waals surface area contributed by atoms with Gasteiger partial charge in [0.1, 0.15) is 11.2 Å². The first-order chi connectivity index (χ1) is 14.4. The number of aromatic nitrogens is 2. The predicted molar refractivity (Wildman–Crippen MR) is 117 cm³/mol. The lowest BCUT2D eigenvalue weighted by molar-refractivity contribution is 0.0699. The molecule has 0 aliphatic carbocycles. The minimum absolute atomic E-state index is 0.0414. The van der Waals surface area contributed by atoms with Gasteiger partial charge in [0, 0.05) is 16.4 Å². The van der Waals surface area contributed by atoms with E-state index in [9.17, 15) is 19.1 Å². The number of aryl methyl sites for hydroxylation is 1. The Hall–Kier alpha value is -3.04. The van der Waals surface area contributed by atoms with Crippen molar-refractivity contribution in [2.24, 2.45) is 0 Å². The molecule has 0 spiro atoms. The Balaban J connectivity index is 1.70. The summed E-state index contributed by atoms with van der Waals surface area (Å²) >= 11 is 4.57. The molecule has 1 amide bonds. The van der Waals surface area contributed by atoms with Gasteiger partial charge in [-0.3, -0.25) is 9.20 Å². The molecule has 0 atom stereocenters. The molecule has 0 aliphatic heterocycles. The van der Waals surface area contributed by atoms with Crippen molar-refractivity contribution in [3.8, 4) is 10.4 Å². The molecule has 0 radical (unpaired) electrons. The number of halogens is 2. The van der Waals surface area contributed by atoms with Gasteiger partial charge in [-0.25, -0.2) is 9.78 Å². The maximum atomic E-state index is 14.8. The highest BCUT2D eigenvalue weighted by Crippen LogP contribution is 2.36. The normalized spacial score (nSPS) is 11.0. The van der Waals surface area contributed by atoms with Gasteiger partial charge in [-0.05, 0) is 30.2 Å². The second kappa shape index (κ2) is 8.00. The van der Waals surface area contributed by atoms with Crippen LogP contribution >= 0.6 is 27.3 Å². The number of carboxylic acid groups (broad SMARTS) is 1. The van der Waals surface area contributed by atoms with Crippen LogP contribution in [-0.4, -0.2) is 26.4 Å². The summed E-state index contributed by atoms with van der Waals surface area (Å²) in [5, 5.41) is 14.5. The van der Waals surface area contributed by atoms with Crippen LogP contribution in [-0.2, 0) is 5.33 Å². The van der Waals surface area contributed by atoms with E-state index in [2.05, 4.69) is 26.2 Å². The number of anilines is 1. The van der Waals surface area contributed by atoms with Crippen molar-refractivity contribution in [1.29, 1.82) is 0 Å². The number of aromatic carboxylic acids is 1. The molecular formula is C21H15BrFN3O3S. The first-order valence-corrected chi connectivity index (χ1v) is 10.9. The van der Waals surface area contributed by atoms with Gasteiger partial charge in [-0.2, -0.15) is 4.39 Å². The molecule has 152 valence electrons. The van der Waals surface area contributed by atoms with Gasteiger partial charge in [0.15, 0.2) is 5.69 Å². The summed E-state index contributed by atoms with van der Waals surface area (Å²) in [4.78, 5) is 29.2. The number of nitrogens with zero attached hydrogens (tertiary/aromatic N) is 2. The van der Waals surface area contributed by atoms with Crippen LogP contribution in [0.5, 0.6) is 0 Å².